The number of rotatable bonds is 9. The molecule has 1 N–H and O–H groups in total. The third kappa shape index (κ3) is 5.13. The zero-order valence-electron chi connectivity index (χ0n) is 11.2. The van der Waals surface area contributed by atoms with E-state index in [2.05, 4.69) is 37.7 Å². The van der Waals surface area contributed by atoms with Gasteiger partial charge in [-0.3, -0.25) is 0 Å². The molecule has 1 fully saturated rings. The van der Waals surface area contributed by atoms with Crippen LogP contribution in [0.3, 0.4) is 0 Å². The van der Waals surface area contributed by atoms with Crippen LogP contribution in [0.2, 0.25) is 0 Å². The molecule has 2 nitrogen and oxygen atoms in total. The van der Waals surface area contributed by atoms with Gasteiger partial charge < -0.3 is 10.2 Å². The normalized spacial score (nSPS) is 18.1. The fourth-order valence-corrected chi connectivity index (χ4v) is 1.98. The lowest BCUT2D eigenvalue weighted by Gasteiger charge is -2.23. The van der Waals surface area contributed by atoms with Gasteiger partial charge in [0.15, 0.2) is 0 Å². The first-order valence-corrected chi connectivity index (χ1v) is 6.69. The molecule has 1 rings (SSSR count). The Hall–Kier alpha value is -0.340. The second kappa shape index (κ2) is 7.08. The van der Waals surface area contributed by atoms with Crippen LogP contribution in [0, 0.1) is 5.92 Å². The first-order chi connectivity index (χ1) is 7.65. The quantitative estimate of drug-likeness (QED) is 0.606. The zero-order valence-corrected chi connectivity index (χ0v) is 11.2. The molecule has 16 heavy (non-hydrogen) atoms. The standard InChI is InChI=1S/C14H28N2/c1-5-6-7-14(13-8-9-13)15-10-11-16(4)12(2)3/h5,12-15H,1,6-11H2,2-4H3. The Morgan fingerprint density at radius 3 is 2.62 bits per heavy atom. The molecule has 0 aromatic rings. The van der Waals surface area contributed by atoms with E-state index in [4.69, 9.17) is 0 Å². The second-order valence-corrected chi connectivity index (χ2v) is 5.34. The highest BCUT2D eigenvalue weighted by Gasteiger charge is 2.29. The lowest BCUT2D eigenvalue weighted by atomic mass is 10.1. The van der Waals surface area contributed by atoms with Gasteiger partial charge in [-0.25, -0.2) is 0 Å². The van der Waals surface area contributed by atoms with Crippen molar-refractivity contribution in [3.8, 4) is 0 Å². The number of nitrogens with zero attached hydrogens (tertiary/aromatic N) is 1. The monoisotopic (exact) mass is 224 g/mol. The molecule has 1 aliphatic carbocycles. The van der Waals surface area contributed by atoms with E-state index in [1.165, 1.54) is 19.3 Å². The lowest BCUT2D eigenvalue weighted by molar-refractivity contribution is 0.265. The van der Waals surface area contributed by atoms with E-state index in [0.29, 0.717) is 6.04 Å². The van der Waals surface area contributed by atoms with E-state index in [9.17, 15) is 0 Å². The highest BCUT2D eigenvalue weighted by atomic mass is 15.1. The minimum Gasteiger partial charge on any atom is -0.312 e. The van der Waals surface area contributed by atoms with Crippen LogP contribution in [0.5, 0.6) is 0 Å². The van der Waals surface area contributed by atoms with Crippen LogP contribution >= 0.6 is 0 Å². The summed E-state index contributed by atoms with van der Waals surface area (Å²) in [7, 11) is 2.20. The Kier molecular flexibility index (Phi) is 6.07. The molecule has 1 aliphatic rings. The predicted molar refractivity (Wildman–Crippen MR) is 71.7 cm³/mol. The van der Waals surface area contributed by atoms with Gasteiger partial charge in [0.25, 0.3) is 0 Å². The third-order valence-electron chi connectivity index (χ3n) is 3.63. The Bertz CT molecular complexity index is 197. The molecule has 1 atom stereocenters. The molecule has 0 spiro atoms. The van der Waals surface area contributed by atoms with Crippen LogP contribution in [0.25, 0.3) is 0 Å². The van der Waals surface area contributed by atoms with Gasteiger partial charge in [0, 0.05) is 25.2 Å². The fraction of sp³-hybridized carbons (Fsp3) is 0.857. The minimum atomic E-state index is 0.648. The molecule has 0 saturated heterocycles. The third-order valence-corrected chi connectivity index (χ3v) is 3.63. The van der Waals surface area contributed by atoms with E-state index >= 15 is 0 Å². The van der Waals surface area contributed by atoms with Gasteiger partial charge in [0.05, 0.1) is 0 Å². The summed E-state index contributed by atoms with van der Waals surface area (Å²) in [5.74, 6) is 0.948. The first-order valence-electron chi connectivity index (χ1n) is 6.69. The van der Waals surface area contributed by atoms with Crippen LogP contribution < -0.4 is 5.32 Å². The molecule has 0 bridgehead atoms. The second-order valence-electron chi connectivity index (χ2n) is 5.34. The number of hydrogen-bond acceptors (Lipinski definition) is 2. The van der Waals surface area contributed by atoms with Crippen molar-refractivity contribution >= 4 is 0 Å². The van der Waals surface area contributed by atoms with Gasteiger partial charge in [-0.2, -0.15) is 0 Å². The van der Waals surface area contributed by atoms with E-state index in [1.807, 2.05) is 6.08 Å². The van der Waals surface area contributed by atoms with E-state index in [0.717, 1.165) is 31.5 Å². The molecule has 94 valence electrons. The predicted octanol–water partition coefficient (Wildman–Crippen LogP) is 2.66. The summed E-state index contributed by atoms with van der Waals surface area (Å²) in [6.07, 6.45) is 7.30. The minimum absolute atomic E-state index is 0.648. The molecule has 0 heterocycles. The first kappa shape index (κ1) is 13.7. The maximum atomic E-state index is 3.81. The van der Waals surface area contributed by atoms with Crippen LogP contribution in [0.1, 0.15) is 39.5 Å². The molecule has 1 unspecified atom stereocenters. The summed E-state index contributed by atoms with van der Waals surface area (Å²) in [5.41, 5.74) is 0. The smallest absolute Gasteiger partial charge is 0.0107 e. The maximum absolute atomic E-state index is 3.81. The van der Waals surface area contributed by atoms with Crippen LogP contribution in [0.4, 0.5) is 0 Å². The molecular formula is C14H28N2. The van der Waals surface area contributed by atoms with E-state index in [-0.39, 0.29) is 0 Å². The topological polar surface area (TPSA) is 15.3 Å². The van der Waals surface area contributed by atoms with Gasteiger partial charge in [-0.05, 0) is 52.5 Å². The van der Waals surface area contributed by atoms with E-state index < -0.39 is 0 Å². The Morgan fingerprint density at radius 2 is 2.12 bits per heavy atom. The van der Waals surface area contributed by atoms with E-state index in [1.54, 1.807) is 0 Å². The average molecular weight is 224 g/mol. The van der Waals surface area contributed by atoms with Gasteiger partial charge >= 0.3 is 0 Å². The molecule has 0 radical (unpaired) electrons. The van der Waals surface area contributed by atoms with Gasteiger partial charge in [-0.15, -0.1) is 6.58 Å². The highest BCUT2D eigenvalue weighted by molar-refractivity contribution is 4.88. The summed E-state index contributed by atoms with van der Waals surface area (Å²) < 4.78 is 0. The Balaban J connectivity index is 2.14. The molecule has 0 amide bonds. The van der Waals surface area contributed by atoms with Crippen molar-refractivity contribution in [2.75, 3.05) is 20.1 Å². The Labute approximate surface area is 101 Å². The molecule has 0 aromatic heterocycles. The van der Waals surface area contributed by atoms with Crippen LogP contribution in [0.15, 0.2) is 12.7 Å². The van der Waals surface area contributed by atoms with Gasteiger partial charge in [0.2, 0.25) is 0 Å². The summed E-state index contributed by atoms with van der Waals surface area (Å²) in [4.78, 5) is 2.39. The van der Waals surface area contributed by atoms with Crippen molar-refractivity contribution in [3.05, 3.63) is 12.7 Å². The highest BCUT2D eigenvalue weighted by Crippen LogP contribution is 2.34. The lowest BCUT2D eigenvalue weighted by Crippen LogP contribution is -2.39. The van der Waals surface area contributed by atoms with Crippen LogP contribution in [-0.4, -0.2) is 37.1 Å². The van der Waals surface area contributed by atoms with Crippen molar-refractivity contribution in [2.45, 2.75) is 51.6 Å². The SMILES string of the molecule is C=CCCC(NCCN(C)C(C)C)C1CC1. The summed E-state index contributed by atoms with van der Waals surface area (Å²) in [6, 6.07) is 1.38. The van der Waals surface area contributed by atoms with Gasteiger partial charge in [0.1, 0.15) is 0 Å². The summed E-state index contributed by atoms with van der Waals surface area (Å²) in [5, 5.41) is 3.71. The summed E-state index contributed by atoms with van der Waals surface area (Å²) >= 11 is 0. The van der Waals surface area contributed by atoms with Crippen molar-refractivity contribution in [1.29, 1.82) is 0 Å². The molecule has 0 aromatic carbocycles. The van der Waals surface area contributed by atoms with Crippen molar-refractivity contribution in [3.63, 3.8) is 0 Å². The van der Waals surface area contributed by atoms with Crippen molar-refractivity contribution < 1.29 is 0 Å². The maximum Gasteiger partial charge on any atom is 0.0107 e. The zero-order chi connectivity index (χ0) is 12.0. The Morgan fingerprint density at radius 1 is 1.44 bits per heavy atom. The summed E-state index contributed by atoms with van der Waals surface area (Å²) in [6.45, 7) is 10.6. The number of likely N-dealkylation sites (N-methyl/N-ethyl adjacent to an activating group) is 1. The fourth-order valence-electron chi connectivity index (χ4n) is 1.98. The largest absolute Gasteiger partial charge is 0.312 e. The number of allylic oxidation sites excluding steroid dienone is 1. The molecule has 2 heteroatoms. The average Bonchev–Trinajstić information content (AvgIpc) is 3.06. The number of hydrogen-bond donors (Lipinski definition) is 1. The molecule has 1 saturated carbocycles. The van der Waals surface area contributed by atoms with Crippen LogP contribution in [-0.2, 0) is 0 Å². The molecular weight excluding hydrogens is 196 g/mol. The van der Waals surface area contributed by atoms with Crippen molar-refractivity contribution in [1.82, 2.24) is 10.2 Å². The van der Waals surface area contributed by atoms with Gasteiger partial charge in [-0.1, -0.05) is 6.08 Å². The molecule has 0 aliphatic heterocycles. The van der Waals surface area contributed by atoms with Crippen molar-refractivity contribution in [2.24, 2.45) is 5.92 Å². The number of nitrogens with one attached hydrogen (secondary N) is 1.